The predicted molar refractivity (Wildman–Crippen MR) is 66.8 cm³/mol. The topological polar surface area (TPSA) is 27.1 Å². The number of benzene rings is 1. The number of ether oxygens (including phenoxy) is 1. The van der Waals surface area contributed by atoms with E-state index >= 15 is 0 Å². The van der Waals surface area contributed by atoms with Crippen molar-refractivity contribution in [3.8, 4) is 11.8 Å². The van der Waals surface area contributed by atoms with Crippen molar-refractivity contribution in [1.29, 1.82) is 0 Å². The van der Waals surface area contributed by atoms with Gasteiger partial charge in [-0.3, -0.25) is 4.57 Å². The number of para-hydroxylation sites is 1. The second kappa shape index (κ2) is 4.70. The first-order chi connectivity index (χ1) is 7.66. The molecule has 0 fully saturated rings. The van der Waals surface area contributed by atoms with Gasteiger partial charge < -0.3 is 4.74 Å². The molecule has 16 heavy (non-hydrogen) atoms. The maximum atomic E-state index is 5.71. The highest BCUT2D eigenvalue weighted by Gasteiger charge is 2.10. The van der Waals surface area contributed by atoms with Crippen LogP contribution in [0, 0.1) is 0 Å². The zero-order valence-corrected chi connectivity index (χ0v) is 10.8. The zero-order valence-electron chi connectivity index (χ0n) is 9.22. The monoisotopic (exact) mass is 280 g/mol. The highest BCUT2D eigenvalue weighted by atomic mass is 79.9. The van der Waals surface area contributed by atoms with Crippen LogP contribution in [0.2, 0.25) is 0 Å². The van der Waals surface area contributed by atoms with Crippen LogP contribution in [-0.2, 0) is 0 Å². The molecule has 84 valence electrons. The van der Waals surface area contributed by atoms with Gasteiger partial charge in [-0.25, -0.2) is 0 Å². The molecule has 0 saturated heterocycles. The molecule has 0 aliphatic heterocycles. The summed E-state index contributed by atoms with van der Waals surface area (Å²) >= 11 is 3.35. The number of hydrogen-bond donors (Lipinski definition) is 0. The van der Waals surface area contributed by atoms with Crippen molar-refractivity contribution in [2.75, 3.05) is 0 Å². The van der Waals surface area contributed by atoms with Gasteiger partial charge in [-0.1, -0.05) is 18.2 Å². The van der Waals surface area contributed by atoms with Gasteiger partial charge in [0.15, 0.2) is 0 Å². The Labute approximate surface area is 103 Å². The first-order valence-corrected chi connectivity index (χ1v) is 5.93. The molecule has 1 aromatic carbocycles. The van der Waals surface area contributed by atoms with Gasteiger partial charge in [-0.05, 0) is 41.9 Å². The molecule has 2 aromatic rings. The van der Waals surface area contributed by atoms with E-state index < -0.39 is 0 Å². The van der Waals surface area contributed by atoms with Crippen LogP contribution in [0.15, 0.2) is 41.1 Å². The van der Waals surface area contributed by atoms with Crippen LogP contribution in [-0.4, -0.2) is 9.55 Å². The number of nitrogens with zero attached hydrogens (tertiary/aromatic N) is 2. The Kier molecular flexibility index (Phi) is 3.29. The van der Waals surface area contributed by atoms with Gasteiger partial charge in [0.1, 0.15) is 10.4 Å². The second-order valence-electron chi connectivity index (χ2n) is 3.76. The summed E-state index contributed by atoms with van der Waals surface area (Å²) in [7, 11) is 0. The minimum Gasteiger partial charge on any atom is -0.425 e. The van der Waals surface area contributed by atoms with E-state index in [1.165, 1.54) is 0 Å². The van der Waals surface area contributed by atoms with E-state index in [0.29, 0.717) is 12.1 Å². The average Bonchev–Trinajstić information content (AvgIpc) is 2.61. The number of halogens is 1. The van der Waals surface area contributed by atoms with E-state index in [-0.39, 0.29) is 0 Å². The lowest BCUT2D eigenvalue weighted by atomic mass is 10.3. The summed E-state index contributed by atoms with van der Waals surface area (Å²) in [5.41, 5.74) is 0. The molecule has 2 rings (SSSR count). The summed E-state index contributed by atoms with van der Waals surface area (Å²) < 4.78 is 8.48. The van der Waals surface area contributed by atoms with Crippen LogP contribution < -0.4 is 4.74 Å². The summed E-state index contributed by atoms with van der Waals surface area (Å²) in [6, 6.07) is 10.6. The minimum atomic E-state index is 0.317. The minimum absolute atomic E-state index is 0.317. The van der Waals surface area contributed by atoms with E-state index in [1.807, 2.05) is 41.1 Å². The second-order valence-corrected chi connectivity index (χ2v) is 4.57. The van der Waals surface area contributed by atoms with E-state index in [1.54, 1.807) is 0 Å². The van der Waals surface area contributed by atoms with Crippen LogP contribution in [0.4, 0.5) is 0 Å². The van der Waals surface area contributed by atoms with Crippen molar-refractivity contribution >= 4 is 15.9 Å². The smallest absolute Gasteiger partial charge is 0.303 e. The fraction of sp³-hybridized carbons (Fsp3) is 0.250. The lowest BCUT2D eigenvalue weighted by Gasteiger charge is -2.11. The lowest BCUT2D eigenvalue weighted by molar-refractivity contribution is 0.395. The Morgan fingerprint density at radius 2 is 1.94 bits per heavy atom. The summed E-state index contributed by atoms with van der Waals surface area (Å²) in [4.78, 5) is 4.28. The fourth-order valence-corrected chi connectivity index (χ4v) is 1.76. The van der Waals surface area contributed by atoms with Gasteiger partial charge in [-0.2, -0.15) is 4.98 Å². The third kappa shape index (κ3) is 2.44. The number of hydrogen-bond acceptors (Lipinski definition) is 2. The Balaban J connectivity index is 2.28. The summed E-state index contributed by atoms with van der Waals surface area (Å²) in [5, 5.41) is 0. The van der Waals surface area contributed by atoms with Crippen LogP contribution in [0.1, 0.15) is 19.9 Å². The molecule has 0 amide bonds. The van der Waals surface area contributed by atoms with E-state index in [9.17, 15) is 0 Å². The Morgan fingerprint density at radius 3 is 2.56 bits per heavy atom. The average molecular weight is 281 g/mol. The highest BCUT2D eigenvalue weighted by molar-refractivity contribution is 9.10. The van der Waals surface area contributed by atoms with Gasteiger partial charge in [-0.15, -0.1) is 0 Å². The maximum absolute atomic E-state index is 5.71. The zero-order chi connectivity index (χ0) is 11.5. The largest absolute Gasteiger partial charge is 0.425 e. The van der Waals surface area contributed by atoms with Crippen LogP contribution >= 0.6 is 15.9 Å². The summed E-state index contributed by atoms with van der Waals surface area (Å²) in [6.07, 6.45) is 1.92. The highest BCUT2D eigenvalue weighted by Crippen LogP contribution is 2.25. The molecule has 0 radical (unpaired) electrons. The van der Waals surface area contributed by atoms with Crippen molar-refractivity contribution in [3.05, 3.63) is 41.1 Å². The van der Waals surface area contributed by atoms with Gasteiger partial charge in [0.05, 0.1) is 0 Å². The van der Waals surface area contributed by atoms with Crippen LogP contribution in [0.5, 0.6) is 11.8 Å². The Hall–Kier alpha value is -1.29. The van der Waals surface area contributed by atoms with Crippen LogP contribution in [0.3, 0.4) is 0 Å². The SMILES string of the molecule is CC(C)n1cc(Br)nc1Oc1ccccc1. The Bertz CT molecular complexity index is 465. The van der Waals surface area contributed by atoms with Crippen molar-refractivity contribution in [1.82, 2.24) is 9.55 Å². The molecule has 0 saturated carbocycles. The molecular weight excluding hydrogens is 268 g/mol. The number of imidazole rings is 1. The van der Waals surface area contributed by atoms with Crippen LogP contribution in [0.25, 0.3) is 0 Å². The fourth-order valence-electron chi connectivity index (χ4n) is 1.39. The third-order valence-electron chi connectivity index (χ3n) is 2.18. The lowest BCUT2D eigenvalue weighted by Crippen LogP contribution is -2.01. The molecular formula is C12H13BrN2O. The molecule has 0 aliphatic carbocycles. The van der Waals surface area contributed by atoms with Gasteiger partial charge >= 0.3 is 6.01 Å². The molecule has 3 nitrogen and oxygen atoms in total. The molecule has 0 spiro atoms. The van der Waals surface area contributed by atoms with Gasteiger partial charge in [0.25, 0.3) is 0 Å². The summed E-state index contributed by atoms with van der Waals surface area (Å²) in [5.74, 6) is 0.794. The number of aromatic nitrogens is 2. The summed E-state index contributed by atoms with van der Waals surface area (Å²) in [6.45, 7) is 4.18. The van der Waals surface area contributed by atoms with E-state index in [2.05, 4.69) is 34.8 Å². The van der Waals surface area contributed by atoms with Crippen molar-refractivity contribution < 1.29 is 4.74 Å². The third-order valence-corrected chi connectivity index (χ3v) is 2.56. The maximum Gasteiger partial charge on any atom is 0.303 e. The molecule has 0 N–H and O–H groups in total. The van der Waals surface area contributed by atoms with E-state index in [0.717, 1.165) is 10.4 Å². The standard InChI is InChI=1S/C12H13BrN2O/c1-9(2)15-8-11(13)14-12(15)16-10-6-4-3-5-7-10/h3-9H,1-2H3. The first-order valence-electron chi connectivity index (χ1n) is 5.14. The normalized spacial score (nSPS) is 10.8. The van der Waals surface area contributed by atoms with Crippen molar-refractivity contribution in [3.63, 3.8) is 0 Å². The van der Waals surface area contributed by atoms with Gasteiger partial charge in [0, 0.05) is 12.2 Å². The van der Waals surface area contributed by atoms with Crippen molar-refractivity contribution in [2.24, 2.45) is 0 Å². The van der Waals surface area contributed by atoms with Gasteiger partial charge in [0.2, 0.25) is 0 Å². The quantitative estimate of drug-likeness (QED) is 0.849. The molecule has 4 heteroatoms. The molecule has 1 heterocycles. The molecule has 0 unspecified atom stereocenters. The predicted octanol–water partition coefficient (Wildman–Crippen LogP) is 4.02. The molecule has 0 bridgehead atoms. The molecule has 0 atom stereocenters. The Morgan fingerprint density at radius 1 is 1.25 bits per heavy atom. The van der Waals surface area contributed by atoms with Crippen molar-refractivity contribution in [2.45, 2.75) is 19.9 Å². The first kappa shape index (κ1) is 11.2. The molecule has 1 aromatic heterocycles. The molecule has 0 aliphatic rings. The van der Waals surface area contributed by atoms with E-state index in [4.69, 9.17) is 4.74 Å². The number of rotatable bonds is 3.